The molecule has 1 aromatic carbocycles. The van der Waals surface area contributed by atoms with Crippen molar-refractivity contribution in [3.8, 4) is 0 Å². The van der Waals surface area contributed by atoms with Crippen LogP contribution in [0, 0.1) is 5.82 Å². The molecule has 1 saturated heterocycles. The summed E-state index contributed by atoms with van der Waals surface area (Å²) in [5.41, 5.74) is 1.53. The smallest absolute Gasteiger partial charge is 0.151 e. The van der Waals surface area contributed by atoms with Crippen LogP contribution in [0.4, 0.5) is 4.39 Å². The van der Waals surface area contributed by atoms with Crippen LogP contribution in [0.3, 0.4) is 0 Å². The summed E-state index contributed by atoms with van der Waals surface area (Å²) in [5.74, 6) is -0.203. The standard InChI is InChI=1S/C17H19ClFN3O/c18-17-6-5-14(20-21-17)11-22-9-7-15(8-10-22)23-12-13-3-1-2-4-16(13)19/h1-6,15H,7-12H2. The van der Waals surface area contributed by atoms with E-state index in [0.717, 1.165) is 38.2 Å². The number of piperidine rings is 1. The van der Waals surface area contributed by atoms with Crippen LogP contribution >= 0.6 is 11.6 Å². The molecule has 2 aromatic rings. The minimum atomic E-state index is -0.203. The van der Waals surface area contributed by atoms with Crippen molar-refractivity contribution in [2.45, 2.75) is 32.1 Å². The molecule has 0 aliphatic carbocycles. The number of rotatable bonds is 5. The molecule has 1 fully saturated rings. The molecule has 0 spiro atoms. The Morgan fingerprint density at radius 3 is 2.61 bits per heavy atom. The van der Waals surface area contributed by atoms with Gasteiger partial charge in [-0.3, -0.25) is 4.90 Å². The van der Waals surface area contributed by atoms with Crippen molar-refractivity contribution >= 4 is 11.6 Å². The van der Waals surface area contributed by atoms with Crippen LogP contribution in [-0.2, 0) is 17.9 Å². The third-order valence-electron chi connectivity index (χ3n) is 4.04. The average Bonchev–Trinajstić information content (AvgIpc) is 2.58. The lowest BCUT2D eigenvalue weighted by molar-refractivity contribution is -0.00518. The molecule has 4 nitrogen and oxygen atoms in total. The van der Waals surface area contributed by atoms with Crippen LogP contribution < -0.4 is 0 Å². The maximum atomic E-state index is 13.6. The molecule has 0 amide bonds. The zero-order valence-electron chi connectivity index (χ0n) is 12.8. The lowest BCUT2D eigenvalue weighted by Crippen LogP contribution is -2.36. The number of benzene rings is 1. The van der Waals surface area contributed by atoms with Gasteiger partial charge in [0.25, 0.3) is 0 Å². The Labute approximate surface area is 140 Å². The van der Waals surface area contributed by atoms with E-state index in [-0.39, 0.29) is 11.9 Å². The quantitative estimate of drug-likeness (QED) is 0.839. The topological polar surface area (TPSA) is 38.2 Å². The summed E-state index contributed by atoms with van der Waals surface area (Å²) in [7, 11) is 0. The minimum Gasteiger partial charge on any atom is -0.373 e. The number of hydrogen-bond donors (Lipinski definition) is 0. The Bertz CT molecular complexity index is 630. The molecule has 1 aliphatic rings. The first-order valence-electron chi connectivity index (χ1n) is 7.76. The molecule has 0 bridgehead atoms. The molecule has 6 heteroatoms. The predicted molar refractivity (Wildman–Crippen MR) is 86.5 cm³/mol. The second-order valence-electron chi connectivity index (χ2n) is 5.73. The van der Waals surface area contributed by atoms with E-state index >= 15 is 0 Å². The fourth-order valence-electron chi connectivity index (χ4n) is 2.71. The van der Waals surface area contributed by atoms with E-state index < -0.39 is 0 Å². The van der Waals surface area contributed by atoms with Crippen LogP contribution in [0.15, 0.2) is 36.4 Å². The minimum absolute atomic E-state index is 0.183. The lowest BCUT2D eigenvalue weighted by atomic mass is 10.1. The predicted octanol–water partition coefficient (Wildman–Crippen LogP) is 3.45. The Balaban J connectivity index is 1.43. The largest absolute Gasteiger partial charge is 0.373 e. The molecule has 0 saturated carbocycles. The SMILES string of the molecule is Fc1ccccc1COC1CCN(Cc2ccc(Cl)nn2)CC1. The van der Waals surface area contributed by atoms with Crippen molar-refractivity contribution in [1.29, 1.82) is 0 Å². The van der Waals surface area contributed by atoms with Gasteiger partial charge in [0.2, 0.25) is 0 Å². The van der Waals surface area contributed by atoms with Gasteiger partial charge >= 0.3 is 0 Å². The van der Waals surface area contributed by atoms with E-state index in [9.17, 15) is 4.39 Å². The number of likely N-dealkylation sites (tertiary alicyclic amines) is 1. The maximum absolute atomic E-state index is 13.6. The highest BCUT2D eigenvalue weighted by Crippen LogP contribution is 2.18. The molecule has 0 radical (unpaired) electrons. The van der Waals surface area contributed by atoms with E-state index in [0.29, 0.717) is 17.3 Å². The van der Waals surface area contributed by atoms with E-state index in [1.807, 2.05) is 12.1 Å². The molecule has 2 heterocycles. The Hall–Kier alpha value is -1.56. The van der Waals surface area contributed by atoms with Crippen LogP contribution in [0.25, 0.3) is 0 Å². The summed E-state index contributed by atoms with van der Waals surface area (Å²) in [5, 5.41) is 8.35. The number of halogens is 2. The Morgan fingerprint density at radius 1 is 1.13 bits per heavy atom. The van der Waals surface area contributed by atoms with Crippen molar-refractivity contribution in [2.24, 2.45) is 0 Å². The summed E-state index contributed by atoms with van der Waals surface area (Å²) in [4.78, 5) is 2.32. The van der Waals surface area contributed by atoms with Gasteiger partial charge < -0.3 is 4.74 Å². The van der Waals surface area contributed by atoms with Gasteiger partial charge in [-0.15, -0.1) is 5.10 Å². The zero-order chi connectivity index (χ0) is 16.1. The molecule has 1 aromatic heterocycles. The first-order valence-corrected chi connectivity index (χ1v) is 8.14. The van der Waals surface area contributed by atoms with E-state index in [1.54, 1.807) is 18.2 Å². The number of hydrogen-bond acceptors (Lipinski definition) is 4. The fraction of sp³-hybridized carbons (Fsp3) is 0.412. The number of ether oxygens (including phenoxy) is 1. The third kappa shape index (κ3) is 4.70. The van der Waals surface area contributed by atoms with Gasteiger partial charge in [-0.05, 0) is 31.0 Å². The van der Waals surface area contributed by atoms with Crippen molar-refractivity contribution in [1.82, 2.24) is 15.1 Å². The molecular weight excluding hydrogens is 317 g/mol. The number of aromatic nitrogens is 2. The van der Waals surface area contributed by atoms with Gasteiger partial charge in [0.15, 0.2) is 5.15 Å². The fourth-order valence-corrected chi connectivity index (χ4v) is 2.81. The first kappa shape index (κ1) is 16.3. The Morgan fingerprint density at radius 2 is 1.91 bits per heavy atom. The van der Waals surface area contributed by atoms with Gasteiger partial charge in [-0.25, -0.2) is 4.39 Å². The average molecular weight is 336 g/mol. The molecule has 0 N–H and O–H groups in total. The van der Waals surface area contributed by atoms with Gasteiger partial charge in [0, 0.05) is 25.2 Å². The Kier molecular flexibility index (Phi) is 5.54. The van der Waals surface area contributed by atoms with Crippen molar-refractivity contribution < 1.29 is 9.13 Å². The highest BCUT2D eigenvalue weighted by Gasteiger charge is 2.20. The molecule has 23 heavy (non-hydrogen) atoms. The van der Waals surface area contributed by atoms with Crippen molar-refractivity contribution in [3.05, 3.63) is 58.6 Å². The monoisotopic (exact) mass is 335 g/mol. The van der Waals surface area contributed by atoms with Crippen molar-refractivity contribution in [3.63, 3.8) is 0 Å². The van der Waals surface area contributed by atoms with Gasteiger partial charge in [0.05, 0.1) is 18.4 Å². The second-order valence-corrected chi connectivity index (χ2v) is 6.11. The van der Waals surface area contributed by atoms with Crippen molar-refractivity contribution in [2.75, 3.05) is 13.1 Å². The van der Waals surface area contributed by atoms with E-state index in [2.05, 4.69) is 15.1 Å². The molecule has 3 rings (SSSR count). The third-order valence-corrected chi connectivity index (χ3v) is 4.24. The van der Waals surface area contributed by atoms with Gasteiger partial charge in [-0.1, -0.05) is 29.8 Å². The second kappa shape index (κ2) is 7.81. The van der Waals surface area contributed by atoms with E-state index in [4.69, 9.17) is 16.3 Å². The molecular formula is C17H19ClFN3O. The summed E-state index contributed by atoms with van der Waals surface area (Å²) in [6.07, 6.45) is 2.06. The normalized spacial score (nSPS) is 16.6. The molecule has 122 valence electrons. The van der Waals surface area contributed by atoms with Crippen LogP contribution in [-0.4, -0.2) is 34.3 Å². The van der Waals surface area contributed by atoms with Crippen LogP contribution in [0.1, 0.15) is 24.1 Å². The lowest BCUT2D eigenvalue weighted by Gasteiger charge is -2.31. The summed E-state index contributed by atoms with van der Waals surface area (Å²) in [6.45, 7) is 2.97. The maximum Gasteiger partial charge on any atom is 0.151 e. The van der Waals surface area contributed by atoms with E-state index in [1.165, 1.54) is 6.07 Å². The van der Waals surface area contributed by atoms with Crippen LogP contribution in [0.2, 0.25) is 5.15 Å². The first-order chi connectivity index (χ1) is 11.2. The zero-order valence-corrected chi connectivity index (χ0v) is 13.5. The summed E-state index contributed by atoms with van der Waals surface area (Å²) in [6, 6.07) is 10.4. The highest BCUT2D eigenvalue weighted by atomic mass is 35.5. The highest BCUT2D eigenvalue weighted by molar-refractivity contribution is 6.29. The van der Waals surface area contributed by atoms with Crippen LogP contribution in [0.5, 0.6) is 0 Å². The summed E-state index contributed by atoms with van der Waals surface area (Å²) < 4.78 is 19.4. The molecule has 0 unspecified atom stereocenters. The molecule has 0 atom stereocenters. The van der Waals surface area contributed by atoms with Gasteiger partial charge in [0.1, 0.15) is 5.82 Å². The molecule has 1 aliphatic heterocycles. The number of nitrogens with zero attached hydrogens (tertiary/aromatic N) is 3. The summed E-state index contributed by atoms with van der Waals surface area (Å²) >= 11 is 5.74. The van der Waals surface area contributed by atoms with Gasteiger partial charge in [-0.2, -0.15) is 5.10 Å².